The number of benzene rings is 3. The number of ketones is 1. The molecule has 1 heterocycles. The van der Waals surface area contributed by atoms with Gasteiger partial charge in [-0.25, -0.2) is 4.98 Å². The van der Waals surface area contributed by atoms with Crippen LogP contribution >= 0.6 is 11.6 Å². The second kappa shape index (κ2) is 8.62. The zero-order chi connectivity index (χ0) is 22.0. The molecule has 31 heavy (non-hydrogen) atoms. The molecular weight excluding hydrogens is 416 g/mol. The fraction of sp³-hybridized carbons (Fsp3) is 0.125. The summed E-state index contributed by atoms with van der Waals surface area (Å²) >= 11 is 5.93. The molecule has 0 amide bonds. The fourth-order valence-electron chi connectivity index (χ4n) is 3.38. The first-order chi connectivity index (χ1) is 15.0. The van der Waals surface area contributed by atoms with Crippen LogP contribution in [0, 0.1) is 0 Å². The van der Waals surface area contributed by atoms with Crippen LogP contribution in [0.3, 0.4) is 0 Å². The average Bonchev–Trinajstić information content (AvgIpc) is 2.80. The molecule has 0 aliphatic heterocycles. The van der Waals surface area contributed by atoms with E-state index < -0.39 is 0 Å². The Kier molecular flexibility index (Phi) is 5.73. The van der Waals surface area contributed by atoms with E-state index >= 15 is 0 Å². The van der Waals surface area contributed by atoms with E-state index in [2.05, 4.69) is 0 Å². The SMILES string of the molecule is COc1ccc(-c2nc3ccccc3c(=O)n2CC(=O)c2ccc(Cl)cc2)cc1OC. The molecule has 0 spiro atoms. The molecule has 0 bridgehead atoms. The molecule has 0 saturated heterocycles. The molecule has 1 aromatic heterocycles. The summed E-state index contributed by atoms with van der Waals surface area (Å²) in [5.74, 6) is 1.20. The van der Waals surface area contributed by atoms with Crippen molar-refractivity contribution in [1.82, 2.24) is 9.55 Å². The number of ether oxygens (including phenoxy) is 2. The molecule has 0 unspecified atom stereocenters. The van der Waals surface area contributed by atoms with Crippen LogP contribution in [-0.4, -0.2) is 29.6 Å². The number of para-hydroxylation sites is 1. The van der Waals surface area contributed by atoms with Crippen LogP contribution < -0.4 is 15.0 Å². The molecule has 6 nitrogen and oxygen atoms in total. The summed E-state index contributed by atoms with van der Waals surface area (Å²) in [5, 5.41) is 0.975. The lowest BCUT2D eigenvalue weighted by molar-refractivity contribution is 0.0971. The van der Waals surface area contributed by atoms with Gasteiger partial charge in [0.1, 0.15) is 5.82 Å². The van der Waals surface area contributed by atoms with Crippen molar-refractivity contribution in [3.8, 4) is 22.9 Å². The molecule has 7 heteroatoms. The lowest BCUT2D eigenvalue weighted by Crippen LogP contribution is -2.27. The van der Waals surface area contributed by atoms with Crippen LogP contribution in [0.25, 0.3) is 22.3 Å². The summed E-state index contributed by atoms with van der Waals surface area (Å²) in [6.07, 6.45) is 0. The Morgan fingerprint density at radius 1 is 0.968 bits per heavy atom. The van der Waals surface area contributed by atoms with Crippen molar-refractivity contribution in [2.75, 3.05) is 14.2 Å². The van der Waals surface area contributed by atoms with Crippen molar-refractivity contribution in [1.29, 1.82) is 0 Å². The van der Waals surface area contributed by atoms with Crippen LogP contribution in [0.1, 0.15) is 10.4 Å². The predicted molar refractivity (Wildman–Crippen MR) is 120 cm³/mol. The molecule has 0 atom stereocenters. The van der Waals surface area contributed by atoms with Gasteiger partial charge in [0.2, 0.25) is 0 Å². The van der Waals surface area contributed by atoms with E-state index in [0.717, 1.165) is 0 Å². The van der Waals surface area contributed by atoms with E-state index in [1.54, 1.807) is 67.8 Å². The lowest BCUT2D eigenvalue weighted by atomic mass is 10.1. The van der Waals surface area contributed by atoms with Gasteiger partial charge in [-0.3, -0.25) is 14.2 Å². The highest BCUT2D eigenvalue weighted by Gasteiger charge is 2.18. The first kappa shape index (κ1) is 20.6. The smallest absolute Gasteiger partial charge is 0.262 e. The van der Waals surface area contributed by atoms with Crippen molar-refractivity contribution in [2.45, 2.75) is 6.54 Å². The van der Waals surface area contributed by atoms with E-state index in [4.69, 9.17) is 26.1 Å². The van der Waals surface area contributed by atoms with E-state index in [1.165, 1.54) is 11.7 Å². The molecule has 3 aromatic carbocycles. The highest BCUT2D eigenvalue weighted by atomic mass is 35.5. The number of hydrogen-bond acceptors (Lipinski definition) is 5. The Labute approximate surface area is 183 Å². The molecule has 4 aromatic rings. The number of nitrogens with zero attached hydrogens (tertiary/aromatic N) is 2. The Balaban J connectivity index is 1.89. The molecule has 0 fully saturated rings. The number of rotatable bonds is 6. The third-order valence-electron chi connectivity index (χ3n) is 4.97. The molecule has 156 valence electrons. The Morgan fingerprint density at radius 2 is 1.68 bits per heavy atom. The molecule has 0 N–H and O–H groups in total. The van der Waals surface area contributed by atoms with Gasteiger partial charge in [-0.2, -0.15) is 0 Å². The first-order valence-electron chi connectivity index (χ1n) is 9.52. The molecular formula is C24H19ClN2O4. The number of Topliss-reactive ketones (excluding diaryl/α,β-unsaturated/α-hetero) is 1. The van der Waals surface area contributed by atoms with Gasteiger partial charge in [0, 0.05) is 16.1 Å². The van der Waals surface area contributed by atoms with Gasteiger partial charge < -0.3 is 9.47 Å². The lowest BCUT2D eigenvalue weighted by Gasteiger charge is -2.15. The van der Waals surface area contributed by atoms with E-state index in [9.17, 15) is 9.59 Å². The average molecular weight is 435 g/mol. The fourth-order valence-corrected chi connectivity index (χ4v) is 3.51. The normalized spacial score (nSPS) is 10.8. The second-order valence-electron chi connectivity index (χ2n) is 6.84. The molecule has 0 radical (unpaired) electrons. The topological polar surface area (TPSA) is 70.4 Å². The Morgan fingerprint density at radius 3 is 2.39 bits per heavy atom. The Hall–Kier alpha value is -3.64. The standard InChI is InChI=1S/C24H19ClN2O4/c1-30-21-12-9-16(13-22(21)31-2)23-26-19-6-4-3-5-18(19)24(29)27(23)14-20(28)15-7-10-17(25)11-8-15/h3-13H,14H2,1-2H3. The van der Waals surface area contributed by atoms with E-state index in [0.29, 0.717) is 44.4 Å². The summed E-state index contributed by atoms with van der Waals surface area (Å²) in [4.78, 5) is 31.0. The van der Waals surface area contributed by atoms with Crippen molar-refractivity contribution in [3.63, 3.8) is 0 Å². The number of methoxy groups -OCH3 is 2. The second-order valence-corrected chi connectivity index (χ2v) is 7.28. The summed E-state index contributed by atoms with van der Waals surface area (Å²) < 4.78 is 12.1. The quantitative estimate of drug-likeness (QED) is 0.414. The van der Waals surface area contributed by atoms with Crippen molar-refractivity contribution in [3.05, 3.63) is 87.7 Å². The van der Waals surface area contributed by atoms with Crippen LogP contribution in [0.4, 0.5) is 0 Å². The third-order valence-corrected chi connectivity index (χ3v) is 5.22. The largest absolute Gasteiger partial charge is 0.493 e. The maximum atomic E-state index is 13.3. The number of aromatic nitrogens is 2. The zero-order valence-corrected chi connectivity index (χ0v) is 17.7. The maximum absolute atomic E-state index is 13.3. The van der Waals surface area contributed by atoms with Gasteiger partial charge in [-0.15, -0.1) is 0 Å². The number of fused-ring (bicyclic) bond motifs is 1. The summed E-state index contributed by atoms with van der Waals surface area (Å²) in [7, 11) is 3.08. The van der Waals surface area contributed by atoms with Crippen LogP contribution in [-0.2, 0) is 6.54 Å². The van der Waals surface area contributed by atoms with Gasteiger partial charge in [0.15, 0.2) is 17.3 Å². The highest BCUT2D eigenvalue weighted by Crippen LogP contribution is 2.32. The molecule has 0 saturated carbocycles. The monoisotopic (exact) mass is 434 g/mol. The number of hydrogen-bond donors (Lipinski definition) is 0. The van der Waals surface area contributed by atoms with Gasteiger partial charge >= 0.3 is 0 Å². The molecule has 0 aliphatic rings. The van der Waals surface area contributed by atoms with Gasteiger partial charge in [0.05, 0.1) is 31.7 Å². The highest BCUT2D eigenvalue weighted by molar-refractivity contribution is 6.30. The number of carbonyl (C=O) groups excluding carboxylic acids is 1. The molecule has 4 rings (SSSR count). The van der Waals surface area contributed by atoms with Crippen LogP contribution in [0.15, 0.2) is 71.5 Å². The Bertz CT molecular complexity index is 1330. The minimum absolute atomic E-state index is 0.165. The summed E-state index contributed by atoms with van der Waals surface area (Å²) in [6.45, 7) is -0.165. The maximum Gasteiger partial charge on any atom is 0.262 e. The van der Waals surface area contributed by atoms with Crippen molar-refractivity contribution in [2.24, 2.45) is 0 Å². The minimum Gasteiger partial charge on any atom is -0.493 e. The summed E-state index contributed by atoms with van der Waals surface area (Å²) in [5.41, 5.74) is 1.34. The van der Waals surface area contributed by atoms with Crippen molar-refractivity contribution >= 4 is 28.3 Å². The molecule has 0 aliphatic carbocycles. The number of carbonyl (C=O) groups is 1. The summed E-state index contributed by atoms with van der Waals surface area (Å²) in [6, 6.07) is 18.9. The van der Waals surface area contributed by atoms with E-state index in [1.807, 2.05) is 6.07 Å². The van der Waals surface area contributed by atoms with Crippen LogP contribution in [0.5, 0.6) is 11.5 Å². The van der Waals surface area contributed by atoms with Crippen molar-refractivity contribution < 1.29 is 14.3 Å². The van der Waals surface area contributed by atoms with Gasteiger partial charge in [-0.1, -0.05) is 23.7 Å². The first-order valence-corrected chi connectivity index (χ1v) is 9.90. The number of halogens is 1. The predicted octanol–water partition coefficient (Wildman–Crippen LogP) is 4.62. The van der Waals surface area contributed by atoms with Crippen LogP contribution in [0.2, 0.25) is 5.02 Å². The third kappa shape index (κ3) is 4.02. The van der Waals surface area contributed by atoms with E-state index in [-0.39, 0.29) is 17.9 Å². The van der Waals surface area contributed by atoms with Gasteiger partial charge in [-0.05, 0) is 54.6 Å². The zero-order valence-electron chi connectivity index (χ0n) is 17.0. The minimum atomic E-state index is -0.294. The van der Waals surface area contributed by atoms with Gasteiger partial charge in [0.25, 0.3) is 5.56 Å².